The van der Waals surface area contributed by atoms with E-state index < -0.39 is 0 Å². The fourth-order valence-electron chi connectivity index (χ4n) is 3.13. The molecule has 3 aromatic heterocycles. The van der Waals surface area contributed by atoms with Crippen molar-refractivity contribution in [1.82, 2.24) is 24.2 Å². The van der Waals surface area contributed by atoms with Crippen LogP contribution in [0.4, 0.5) is 0 Å². The normalized spacial score (nSPS) is 10.8. The first-order valence-corrected chi connectivity index (χ1v) is 9.47. The molecule has 0 aromatic carbocycles. The summed E-state index contributed by atoms with van der Waals surface area (Å²) in [4.78, 5) is 37.7. The summed E-state index contributed by atoms with van der Waals surface area (Å²) in [5, 5.41) is 0. The standard InChI is InChI=1S/C21H25N5O2/c1-4-25(5-2)21(28)19-23-18(17-8-6-7-14-26(17)19)20(27)24(3)15-11-16-9-12-22-13-10-16/h6-10,12-14H,4-5,11,15H2,1-3H3. The summed E-state index contributed by atoms with van der Waals surface area (Å²) < 4.78 is 1.70. The number of likely N-dealkylation sites (N-methyl/N-ethyl adjacent to an activating group) is 1. The van der Waals surface area contributed by atoms with E-state index in [9.17, 15) is 9.59 Å². The summed E-state index contributed by atoms with van der Waals surface area (Å²) >= 11 is 0. The van der Waals surface area contributed by atoms with Gasteiger partial charge in [-0.1, -0.05) is 6.07 Å². The third-order valence-corrected chi connectivity index (χ3v) is 4.82. The van der Waals surface area contributed by atoms with Gasteiger partial charge in [-0.25, -0.2) is 4.98 Å². The number of imidazole rings is 1. The van der Waals surface area contributed by atoms with Crippen molar-refractivity contribution in [3.63, 3.8) is 0 Å². The minimum atomic E-state index is -0.198. The van der Waals surface area contributed by atoms with E-state index in [1.54, 1.807) is 39.8 Å². The molecule has 0 bridgehead atoms. The van der Waals surface area contributed by atoms with Crippen LogP contribution in [0.25, 0.3) is 5.52 Å². The van der Waals surface area contributed by atoms with Crippen molar-refractivity contribution in [1.29, 1.82) is 0 Å². The molecule has 0 saturated heterocycles. The molecule has 0 aliphatic rings. The summed E-state index contributed by atoms with van der Waals surface area (Å²) in [6.45, 7) is 5.58. The van der Waals surface area contributed by atoms with Crippen LogP contribution in [0.2, 0.25) is 0 Å². The van der Waals surface area contributed by atoms with Gasteiger partial charge in [-0.15, -0.1) is 0 Å². The lowest BCUT2D eigenvalue weighted by Crippen LogP contribution is -2.32. The van der Waals surface area contributed by atoms with Crippen molar-refractivity contribution in [2.75, 3.05) is 26.7 Å². The summed E-state index contributed by atoms with van der Waals surface area (Å²) in [5.41, 5.74) is 2.05. The molecule has 0 unspecified atom stereocenters. The molecule has 0 spiro atoms. The molecule has 2 amide bonds. The van der Waals surface area contributed by atoms with Gasteiger partial charge in [-0.05, 0) is 50.1 Å². The first kappa shape index (κ1) is 19.5. The lowest BCUT2D eigenvalue weighted by Gasteiger charge is -2.17. The number of aromatic nitrogens is 3. The lowest BCUT2D eigenvalue weighted by molar-refractivity contribution is 0.0759. The van der Waals surface area contributed by atoms with Crippen LogP contribution in [0.15, 0.2) is 48.9 Å². The van der Waals surface area contributed by atoms with Crippen LogP contribution >= 0.6 is 0 Å². The van der Waals surface area contributed by atoms with Gasteiger partial charge < -0.3 is 9.80 Å². The Balaban J connectivity index is 1.87. The van der Waals surface area contributed by atoms with Crippen LogP contribution in [-0.2, 0) is 6.42 Å². The fraction of sp³-hybridized carbons (Fsp3) is 0.333. The van der Waals surface area contributed by atoms with Crippen molar-refractivity contribution in [3.8, 4) is 0 Å². The van der Waals surface area contributed by atoms with Gasteiger partial charge in [0.15, 0.2) is 5.69 Å². The Morgan fingerprint density at radius 1 is 1.04 bits per heavy atom. The largest absolute Gasteiger partial charge is 0.340 e. The molecule has 0 aliphatic heterocycles. The molecular formula is C21H25N5O2. The van der Waals surface area contributed by atoms with Crippen LogP contribution in [0.1, 0.15) is 40.5 Å². The number of fused-ring (bicyclic) bond motifs is 1. The molecule has 146 valence electrons. The zero-order valence-electron chi connectivity index (χ0n) is 16.5. The Hall–Kier alpha value is -3.22. The first-order valence-electron chi connectivity index (χ1n) is 9.47. The van der Waals surface area contributed by atoms with Crippen LogP contribution in [0.3, 0.4) is 0 Å². The van der Waals surface area contributed by atoms with E-state index in [0.717, 1.165) is 12.0 Å². The second-order valence-corrected chi connectivity index (χ2v) is 6.55. The van der Waals surface area contributed by atoms with Gasteiger partial charge in [-0.2, -0.15) is 0 Å². The van der Waals surface area contributed by atoms with Gasteiger partial charge in [-0.3, -0.25) is 19.0 Å². The maximum absolute atomic E-state index is 13.0. The van der Waals surface area contributed by atoms with E-state index >= 15 is 0 Å². The molecule has 0 fully saturated rings. The Morgan fingerprint density at radius 3 is 2.43 bits per heavy atom. The number of nitrogens with zero attached hydrogens (tertiary/aromatic N) is 5. The third kappa shape index (κ3) is 3.88. The molecule has 0 atom stereocenters. The minimum Gasteiger partial charge on any atom is -0.340 e. The zero-order chi connectivity index (χ0) is 20.1. The average Bonchev–Trinajstić information content (AvgIpc) is 3.12. The maximum atomic E-state index is 13.0. The van der Waals surface area contributed by atoms with E-state index in [1.165, 1.54) is 0 Å². The lowest BCUT2D eigenvalue weighted by atomic mass is 10.2. The molecule has 3 aromatic rings. The predicted octanol–water partition coefficient (Wildman–Crippen LogP) is 2.53. The van der Waals surface area contributed by atoms with Crippen LogP contribution in [0, 0.1) is 0 Å². The third-order valence-electron chi connectivity index (χ3n) is 4.82. The minimum absolute atomic E-state index is 0.176. The van der Waals surface area contributed by atoms with Crippen molar-refractivity contribution in [2.24, 2.45) is 0 Å². The molecule has 3 rings (SSSR count). The van der Waals surface area contributed by atoms with Crippen LogP contribution in [-0.4, -0.2) is 62.7 Å². The number of hydrogen-bond donors (Lipinski definition) is 0. The van der Waals surface area contributed by atoms with Gasteiger partial charge in [0.1, 0.15) is 0 Å². The highest BCUT2D eigenvalue weighted by Gasteiger charge is 2.25. The molecule has 0 saturated carbocycles. The van der Waals surface area contributed by atoms with Crippen molar-refractivity contribution < 1.29 is 9.59 Å². The Morgan fingerprint density at radius 2 is 1.75 bits per heavy atom. The number of amides is 2. The highest BCUT2D eigenvalue weighted by Crippen LogP contribution is 2.17. The quantitative estimate of drug-likeness (QED) is 0.632. The molecule has 0 radical (unpaired) electrons. The van der Waals surface area contributed by atoms with E-state index in [-0.39, 0.29) is 17.6 Å². The summed E-state index contributed by atoms with van der Waals surface area (Å²) in [5.74, 6) is -0.105. The van der Waals surface area contributed by atoms with E-state index in [0.29, 0.717) is 30.8 Å². The highest BCUT2D eigenvalue weighted by molar-refractivity contribution is 6.02. The van der Waals surface area contributed by atoms with Crippen molar-refractivity contribution >= 4 is 17.3 Å². The molecule has 0 aliphatic carbocycles. The van der Waals surface area contributed by atoms with Gasteiger partial charge in [0.2, 0.25) is 5.82 Å². The number of carbonyl (C=O) groups is 2. The number of carbonyl (C=O) groups excluding carboxylic acids is 2. The summed E-state index contributed by atoms with van der Waals surface area (Å²) in [7, 11) is 1.75. The fourth-order valence-corrected chi connectivity index (χ4v) is 3.13. The molecular weight excluding hydrogens is 354 g/mol. The van der Waals surface area contributed by atoms with Crippen LogP contribution < -0.4 is 0 Å². The summed E-state index contributed by atoms with van der Waals surface area (Å²) in [6.07, 6.45) is 5.98. The van der Waals surface area contributed by atoms with E-state index in [1.807, 2.05) is 44.2 Å². The van der Waals surface area contributed by atoms with E-state index in [2.05, 4.69) is 9.97 Å². The second-order valence-electron chi connectivity index (χ2n) is 6.55. The molecule has 3 heterocycles. The smallest absolute Gasteiger partial charge is 0.290 e. The number of hydrogen-bond acceptors (Lipinski definition) is 4. The Bertz CT molecular complexity index is 963. The molecule has 0 N–H and O–H groups in total. The summed E-state index contributed by atoms with van der Waals surface area (Å²) in [6, 6.07) is 9.36. The monoisotopic (exact) mass is 379 g/mol. The van der Waals surface area contributed by atoms with Crippen LogP contribution in [0.5, 0.6) is 0 Å². The van der Waals surface area contributed by atoms with Crippen molar-refractivity contribution in [3.05, 3.63) is 66.0 Å². The SMILES string of the molecule is CCN(CC)C(=O)c1nc(C(=O)N(C)CCc2ccncc2)c2ccccn12. The molecule has 7 heteroatoms. The zero-order valence-corrected chi connectivity index (χ0v) is 16.5. The predicted molar refractivity (Wildman–Crippen MR) is 107 cm³/mol. The van der Waals surface area contributed by atoms with Gasteiger partial charge in [0.05, 0.1) is 5.52 Å². The number of pyridine rings is 2. The highest BCUT2D eigenvalue weighted by atomic mass is 16.2. The Kier molecular flexibility index (Phi) is 6.03. The van der Waals surface area contributed by atoms with Gasteiger partial charge >= 0.3 is 0 Å². The van der Waals surface area contributed by atoms with Gasteiger partial charge in [0.25, 0.3) is 11.8 Å². The van der Waals surface area contributed by atoms with Gasteiger partial charge in [0, 0.05) is 45.3 Å². The molecule has 7 nitrogen and oxygen atoms in total. The number of rotatable bonds is 7. The first-order chi connectivity index (χ1) is 13.6. The molecule has 28 heavy (non-hydrogen) atoms. The second kappa shape index (κ2) is 8.65. The topological polar surface area (TPSA) is 70.8 Å². The Labute approximate surface area is 164 Å². The van der Waals surface area contributed by atoms with E-state index in [4.69, 9.17) is 0 Å². The average molecular weight is 379 g/mol. The maximum Gasteiger partial charge on any atom is 0.290 e. The van der Waals surface area contributed by atoms with Crippen molar-refractivity contribution in [2.45, 2.75) is 20.3 Å².